The Morgan fingerprint density at radius 3 is 2.11 bits per heavy atom. The minimum absolute atomic E-state index is 0.0116. The molecule has 15 nitrogen and oxygen atoms in total. The van der Waals surface area contributed by atoms with Gasteiger partial charge in [0, 0.05) is 0 Å². The summed E-state index contributed by atoms with van der Waals surface area (Å²) in [6.45, 7) is 14.9. The van der Waals surface area contributed by atoms with E-state index in [1.54, 1.807) is 72.1 Å². The number of benzene rings is 1. The second-order valence-electron chi connectivity index (χ2n) is 13.5. The molecule has 4 atom stereocenters. The van der Waals surface area contributed by atoms with Crippen LogP contribution in [0, 0.1) is 6.92 Å². The van der Waals surface area contributed by atoms with Crippen LogP contribution in [0.2, 0.25) is 0 Å². The van der Waals surface area contributed by atoms with Crippen LogP contribution in [0.4, 0.5) is 15.4 Å². The molecular formula is C30H39N5O10S. The summed E-state index contributed by atoms with van der Waals surface area (Å²) in [5, 5.41) is 0. The van der Waals surface area contributed by atoms with Gasteiger partial charge in [0.2, 0.25) is 0 Å². The molecule has 2 amide bonds. The normalized spacial score (nSPS) is 22.9. The number of imidazole rings is 1. The predicted octanol–water partition coefficient (Wildman–Crippen LogP) is 4.63. The van der Waals surface area contributed by atoms with Crippen molar-refractivity contribution in [1.29, 1.82) is 0 Å². The van der Waals surface area contributed by atoms with Gasteiger partial charge >= 0.3 is 12.2 Å². The first-order valence-electron chi connectivity index (χ1n) is 14.7. The average molecular weight is 662 g/mol. The minimum Gasteiger partial charge on any atom is -0.443 e. The van der Waals surface area contributed by atoms with E-state index in [4.69, 9.17) is 27.9 Å². The van der Waals surface area contributed by atoms with E-state index < -0.39 is 63.8 Å². The zero-order valence-electron chi connectivity index (χ0n) is 27.2. The fourth-order valence-corrected chi connectivity index (χ4v) is 5.92. The van der Waals surface area contributed by atoms with Gasteiger partial charge in [-0.2, -0.15) is 13.3 Å². The molecule has 2 aliphatic rings. The Bertz CT molecular complexity index is 1700. The molecule has 2 saturated heterocycles. The van der Waals surface area contributed by atoms with E-state index in [9.17, 15) is 18.0 Å². The SMILES string of the molecule is Cc1ccc(S(=O)(=O)OC[C@H]2O[C@@H](n3cnc4c(N(C(=O)OC(C)(C)C)C(=O)OC(C)(C)C)ncnc43)[C@@H]3OC(C)(C)O[C@@H]32)cc1. The molecule has 0 N–H and O–H groups in total. The Balaban J connectivity index is 1.47. The van der Waals surface area contributed by atoms with Gasteiger partial charge in [-0.1, -0.05) is 17.7 Å². The Labute approximate surface area is 267 Å². The van der Waals surface area contributed by atoms with E-state index in [1.807, 2.05) is 6.92 Å². The third kappa shape index (κ3) is 7.15. The van der Waals surface area contributed by atoms with E-state index in [1.165, 1.54) is 18.5 Å². The van der Waals surface area contributed by atoms with Gasteiger partial charge in [0.15, 0.2) is 29.0 Å². The van der Waals surface area contributed by atoms with Crippen molar-refractivity contribution in [2.45, 2.75) is 109 Å². The van der Waals surface area contributed by atoms with E-state index >= 15 is 0 Å². The highest BCUT2D eigenvalue weighted by atomic mass is 32.2. The van der Waals surface area contributed by atoms with Crippen molar-refractivity contribution in [1.82, 2.24) is 19.5 Å². The number of carbonyl (C=O) groups excluding carboxylic acids is 2. The quantitative estimate of drug-likeness (QED) is 0.335. The maximum Gasteiger partial charge on any atom is 0.425 e. The number of hydrogen-bond donors (Lipinski definition) is 0. The molecule has 46 heavy (non-hydrogen) atoms. The average Bonchev–Trinajstić information content (AvgIpc) is 3.57. The van der Waals surface area contributed by atoms with Gasteiger partial charge in [0.1, 0.15) is 35.8 Å². The first-order valence-corrected chi connectivity index (χ1v) is 16.1. The fraction of sp³-hybridized carbons (Fsp3) is 0.567. The topological polar surface area (TPSA) is 170 Å². The molecule has 5 rings (SSSR count). The highest BCUT2D eigenvalue weighted by Crippen LogP contribution is 2.44. The van der Waals surface area contributed by atoms with Crippen molar-refractivity contribution in [2.75, 3.05) is 11.5 Å². The van der Waals surface area contributed by atoms with E-state index in [0.717, 1.165) is 11.9 Å². The van der Waals surface area contributed by atoms with Crippen molar-refractivity contribution >= 4 is 39.3 Å². The number of aromatic nitrogens is 4. The van der Waals surface area contributed by atoms with Crippen LogP contribution in [0.1, 0.15) is 67.2 Å². The number of imide groups is 1. The van der Waals surface area contributed by atoms with E-state index in [0.29, 0.717) is 4.90 Å². The lowest BCUT2D eigenvalue weighted by molar-refractivity contribution is -0.198. The lowest BCUT2D eigenvalue weighted by Gasteiger charge is -2.28. The van der Waals surface area contributed by atoms with Gasteiger partial charge < -0.3 is 23.7 Å². The van der Waals surface area contributed by atoms with Gasteiger partial charge in [0.05, 0.1) is 17.8 Å². The lowest BCUT2D eigenvalue weighted by Crippen LogP contribution is -2.44. The monoisotopic (exact) mass is 661 g/mol. The summed E-state index contributed by atoms with van der Waals surface area (Å²) in [6.07, 6.45) is -2.70. The van der Waals surface area contributed by atoms with Crippen LogP contribution < -0.4 is 4.90 Å². The highest BCUT2D eigenvalue weighted by Gasteiger charge is 2.56. The molecule has 250 valence electrons. The molecular weight excluding hydrogens is 622 g/mol. The first kappa shape index (κ1) is 33.7. The summed E-state index contributed by atoms with van der Waals surface area (Å²) in [5.41, 5.74) is -0.715. The van der Waals surface area contributed by atoms with Gasteiger partial charge in [-0.3, -0.25) is 8.75 Å². The Morgan fingerprint density at radius 2 is 1.52 bits per heavy atom. The second-order valence-corrected chi connectivity index (χ2v) is 15.1. The molecule has 3 aromatic rings. The van der Waals surface area contributed by atoms with Crippen LogP contribution in [-0.2, 0) is 38.0 Å². The van der Waals surface area contributed by atoms with Crippen LogP contribution >= 0.6 is 0 Å². The molecule has 2 fully saturated rings. The van der Waals surface area contributed by atoms with Crippen molar-refractivity contribution < 1.29 is 45.9 Å². The van der Waals surface area contributed by atoms with Crippen molar-refractivity contribution in [3.8, 4) is 0 Å². The van der Waals surface area contributed by atoms with Crippen molar-refractivity contribution in [3.63, 3.8) is 0 Å². The van der Waals surface area contributed by atoms with Crippen LogP contribution in [-0.4, -0.2) is 82.0 Å². The summed E-state index contributed by atoms with van der Waals surface area (Å²) >= 11 is 0. The smallest absolute Gasteiger partial charge is 0.425 e. The maximum atomic E-state index is 13.3. The molecule has 0 aliphatic carbocycles. The van der Waals surface area contributed by atoms with Crippen LogP contribution in [0.15, 0.2) is 41.8 Å². The third-order valence-corrected chi connectivity index (χ3v) is 8.10. The van der Waals surface area contributed by atoms with Gasteiger partial charge in [0.25, 0.3) is 10.1 Å². The number of fused-ring (bicyclic) bond motifs is 2. The number of hydrogen-bond acceptors (Lipinski definition) is 13. The van der Waals surface area contributed by atoms with Gasteiger partial charge in [-0.05, 0) is 74.4 Å². The standard InChI is InChI=1S/C30H39N5O10S/c1-17-10-12-18(13-11-17)46(38,39)40-14-19-21-22(43-30(8,9)42-21)25(41-19)34-16-33-20-23(34)31-15-32-24(20)35(26(36)44-28(2,3)4)27(37)45-29(5,6)7/h10-13,15-16,19,21-22,25H,14H2,1-9H3/t19-,21-,22-,25-/m1/s1. The van der Waals surface area contributed by atoms with Crippen LogP contribution in [0.5, 0.6) is 0 Å². The predicted molar refractivity (Wildman–Crippen MR) is 162 cm³/mol. The molecule has 0 radical (unpaired) electrons. The zero-order chi connectivity index (χ0) is 33.8. The van der Waals surface area contributed by atoms with Gasteiger partial charge in [-0.15, -0.1) is 0 Å². The maximum absolute atomic E-state index is 13.3. The highest BCUT2D eigenvalue weighted by molar-refractivity contribution is 7.86. The first-order chi connectivity index (χ1) is 21.2. The molecule has 2 aliphatic heterocycles. The van der Waals surface area contributed by atoms with Crippen LogP contribution in [0.25, 0.3) is 11.2 Å². The minimum atomic E-state index is -4.09. The van der Waals surface area contributed by atoms with Crippen LogP contribution in [0.3, 0.4) is 0 Å². The number of anilines is 1. The second kappa shape index (κ2) is 11.8. The Morgan fingerprint density at radius 1 is 0.935 bits per heavy atom. The van der Waals surface area contributed by atoms with Crippen molar-refractivity contribution in [2.24, 2.45) is 0 Å². The Kier molecular flexibility index (Phi) is 8.66. The molecule has 0 bridgehead atoms. The lowest BCUT2D eigenvalue weighted by atomic mass is 10.1. The number of nitrogens with zero attached hydrogens (tertiary/aromatic N) is 5. The molecule has 0 saturated carbocycles. The van der Waals surface area contributed by atoms with E-state index in [-0.39, 0.29) is 28.5 Å². The fourth-order valence-electron chi connectivity index (χ4n) is 5.00. The summed E-state index contributed by atoms with van der Waals surface area (Å²) in [6, 6.07) is 6.29. The summed E-state index contributed by atoms with van der Waals surface area (Å²) in [5.74, 6) is -1.19. The number of rotatable bonds is 6. The van der Waals surface area contributed by atoms with Gasteiger partial charge in [-0.25, -0.2) is 24.5 Å². The number of aryl methyl sites for hydroxylation is 1. The number of carbonyl (C=O) groups is 2. The molecule has 0 spiro atoms. The zero-order valence-corrected chi connectivity index (χ0v) is 28.0. The summed E-state index contributed by atoms with van der Waals surface area (Å²) in [7, 11) is -4.09. The van der Waals surface area contributed by atoms with Crippen molar-refractivity contribution in [3.05, 3.63) is 42.5 Å². The van der Waals surface area contributed by atoms with E-state index in [2.05, 4.69) is 15.0 Å². The summed E-state index contributed by atoms with van der Waals surface area (Å²) in [4.78, 5) is 40.3. The summed E-state index contributed by atoms with van der Waals surface area (Å²) < 4.78 is 62.4. The molecule has 0 unspecified atom stereocenters. The number of amides is 2. The number of ether oxygens (including phenoxy) is 5. The largest absolute Gasteiger partial charge is 0.443 e. The Hall–Kier alpha value is -3.70. The molecule has 16 heteroatoms. The molecule has 4 heterocycles. The molecule has 1 aromatic carbocycles. The molecule has 2 aromatic heterocycles. The third-order valence-electron chi connectivity index (χ3n) is 6.80.